The van der Waals surface area contributed by atoms with Crippen molar-refractivity contribution in [2.24, 2.45) is 5.92 Å². The molecule has 3 rings (SSSR count). The first-order chi connectivity index (χ1) is 14.7. The molecule has 2 aliphatic rings. The second kappa shape index (κ2) is 10.6. The second-order valence-electron chi connectivity index (χ2n) is 8.35. The van der Waals surface area contributed by atoms with Crippen molar-refractivity contribution in [1.29, 1.82) is 0 Å². The van der Waals surface area contributed by atoms with Crippen LogP contribution < -0.4 is 4.72 Å². The average molecular weight is 492 g/mol. The molecular formula is C20H30ClN3O5S2. The lowest BCUT2D eigenvalue weighted by Crippen LogP contribution is -2.54. The highest BCUT2D eigenvalue weighted by Gasteiger charge is 2.41. The van der Waals surface area contributed by atoms with E-state index in [4.69, 9.17) is 16.3 Å². The van der Waals surface area contributed by atoms with Crippen LogP contribution in [0.3, 0.4) is 0 Å². The van der Waals surface area contributed by atoms with Crippen LogP contribution in [0.25, 0.3) is 0 Å². The van der Waals surface area contributed by atoms with E-state index in [0.717, 1.165) is 4.88 Å². The van der Waals surface area contributed by atoms with E-state index in [1.807, 2.05) is 13.8 Å². The maximum atomic E-state index is 13.1. The van der Waals surface area contributed by atoms with E-state index in [1.165, 1.54) is 11.3 Å². The Labute approximate surface area is 192 Å². The van der Waals surface area contributed by atoms with Crippen molar-refractivity contribution in [3.05, 3.63) is 21.3 Å². The fourth-order valence-corrected chi connectivity index (χ4v) is 6.39. The van der Waals surface area contributed by atoms with E-state index in [1.54, 1.807) is 21.9 Å². The molecule has 8 nitrogen and oxygen atoms in total. The molecule has 1 N–H and O–H groups in total. The van der Waals surface area contributed by atoms with Gasteiger partial charge in [0.25, 0.3) is 0 Å². The van der Waals surface area contributed by atoms with Gasteiger partial charge in [-0.25, -0.2) is 13.1 Å². The number of aryl methyl sites for hydroxylation is 1. The first-order valence-electron chi connectivity index (χ1n) is 10.6. The van der Waals surface area contributed by atoms with Crippen LogP contribution in [0.2, 0.25) is 4.34 Å². The summed E-state index contributed by atoms with van der Waals surface area (Å²) in [5.41, 5.74) is 0. The number of morpholine rings is 1. The van der Waals surface area contributed by atoms with Crippen LogP contribution in [0.1, 0.15) is 31.6 Å². The van der Waals surface area contributed by atoms with Crippen molar-refractivity contribution in [3.63, 3.8) is 0 Å². The fourth-order valence-electron chi connectivity index (χ4n) is 3.92. The molecule has 2 amide bonds. The van der Waals surface area contributed by atoms with Gasteiger partial charge in [-0.05, 0) is 37.3 Å². The number of carbonyl (C=O) groups excluding carboxylic acids is 2. The van der Waals surface area contributed by atoms with Crippen LogP contribution in [0, 0.1) is 5.92 Å². The zero-order chi connectivity index (χ0) is 22.6. The summed E-state index contributed by atoms with van der Waals surface area (Å²) in [5.74, 6) is -0.301. The van der Waals surface area contributed by atoms with Crippen molar-refractivity contribution in [1.82, 2.24) is 14.5 Å². The second-order valence-corrected chi connectivity index (χ2v) is 12.0. The molecule has 2 fully saturated rings. The number of hydrogen-bond acceptors (Lipinski definition) is 6. The van der Waals surface area contributed by atoms with E-state index >= 15 is 0 Å². The van der Waals surface area contributed by atoms with Gasteiger partial charge in [-0.2, -0.15) is 0 Å². The first kappa shape index (κ1) is 24.4. The van der Waals surface area contributed by atoms with Gasteiger partial charge in [0.15, 0.2) is 0 Å². The van der Waals surface area contributed by atoms with E-state index in [-0.39, 0.29) is 23.5 Å². The Kier molecular flexibility index (Phi) is 8.37. The third-order valence-electron chi connectivity index (χ3n) is 5.49. The molecule has 0 aromatic carbocycles. The Morgan fingerprint density at radius 1 is 1.29 bits per heavy atom. The molecule has 1 aromatic heterocycles. The molecule has 0 bridgehead atoms. The molecule has 0 spiro atoms. The molecule has 11 heteroatoms. The first-order valence-corrected chi connectivity index (χ1v) is 13.4. The standard InChI is InChI=1S/C20H30ClN3O5S2/c1-14(2)13-17(20(26)23-8-10-29-11-9-23)24-7-5-16(19(24)25)22-31(27,28)12-6-15-3-4-18(21)30-15/h3-4,14,16-17,22H,5-13H2,1-2H3/t16-,17-/m0/s1. The van der Waals surface area contributed by atoms with Gasteiger partial charge >= 0.3 is 0 Å². The number of hydrogen-bond donors (Lipinski definition) is 1. The maximum absolute atomic E-state index is 13.1. The Bertz CT molecular complexity index is 883. The van der Waals surface area contributed by atoms with Crippen LogP contribution in [0.15, 0.2) is 12.1 Å². The number of halogens is 1. The number of sulfonamides is 1. The minimum absolute atomic E-state index is 0.0802. The van der Waals surface area contributed by atoms with Gasteiger partial charge in [-0.3, -0.25) is 9.59 Å². The quantitative estimate of drug-likeness (QED) is 0.567. The molecular weight excluding hydrogens is 462 g/mol. The monoisotopic (exact) mass is 491 g/mol. The predicted octanol–water partition coefficient (Wildman–Crippen LogP) is 1.74. The summed E-state index contributed by atoms with van der Waals surface area (Å²) in [5, 5.41) is 0. The normalized spacial score (nSPS) is 21.2. The van der Waals surface area contributed by atoms with Gasteiger partial charge in [0.05, 0.1) is 23.3 Å². The number of nitrogens with zero attached hydrogens (tertiary/aromatic N) is 2. The maximum Gasteiger partial charge on any atom is 0.245 e. The van der Waals surface area contributed by atoms with Crippen LogP contribution in [0.4, 0.5) is 0 Å². The molecule has 1 aromatic rings. The summed E-state index contributed by atoms with van der Waals surface area (Å²) in [6, 6.07) is 2.14. The number of carbonyl (C=O) groups is 2. The molecule has 0 aliphatic carbocycles. The SMILES string of the molecule is CC(C)C[C@@H](C(=O)N1CCOCC1)N1CC[C@H](NS(=O)(=O)CCc2ccc(Cl)s2)C1=O. The smallest absolute Gasteiger partial charge is 0.245 e. The van der Waals surface area contributed by atoms with E-state index in [0.29, 0.717) is 56.4 Å². The average Bonchev–Trinajstić information content (AvgIpc) is 3.30. The van der Waals surface area contributed by atoms with Gasteiger partial charge in [-0.15, -0.1) is 11.3 Å². The Morgan fingerprint density at radius 3 is 2.61 bits per heavy atom. The highest BCUT2D eigenvalue weighted by Crippen LogP contribution is 2.24. The predicted molar refractivity (Wildman–Crippen MR) is 121 cm³/mol. The molecule has 0 saturated carbocycles. The summed E-state index contributed by atoms with van der Waals surface area (Å²) in [6.45, 7) is 6.39. The van der Waals surface area contributed by atoms with Gasteiger partial charge in [0.2, 0.25) is 21.8 Å². The molecule has 0 radical (unpaired) electrons. The van der Waals surface area contributed by atoms with E-state index in [9.17, 15) is 18.0 Å². The minimum atomic E-state index is -3.65. The number of nitrogens with one attached hydrogen (secondary N) is 1. The zero-order valence-corrected chi connectivity index (χ0v) is 20.3. The number of amides is 2. The van der Waals surface area contributed by atoms with Gasteiger partial charge in [0, 0.05) is 24.5 Å². The van der Waals surface area contributed by atoms with E-state index in [2.05, 4.69) is 4.72 Å². The number of likely N-dealkylation sites (tertiary alicyclic amines) is 1. The Balaban J connectivity index is 1.63. The summed E-state index contributed by atoms with van der Waals surface area (Å²) in [4.78, 5) is 30.4. The molecule has 31 heavy (non-hydrogen) atoms. The molecule has 2 aliphatic heterocycles. The van der Waals surface area contributed by atoms with Gasteiger partial charge < -0.3 is 14.5 Å². The molecule has 174 valence electrons. The van der Waals surface area contributed by atoms with Crippen LogP contribution in [-0.2, 0) is 30.8 Å². The van der Waals surface area contributed by atoms with Crippen LogP contribution in [0.5, 0.6) is 0 Å². The van der Waals surface area contributed by atoms with Crippen molar-refractivity contribution >= 4 is 44.8 Å². The van der Waals surface area contributed by atoms with Crippen molar-refractivity contribution in [3.8, 4) is 0 Å². The van der Waals surface area contributed by atoms with Crippen molar-refractivity contribution in [2.45, 2.75) is 45.2 Å². The Hall–Kier alpha value is -1.20. The highest BCUT2D eigenvalue weighted by atomic mass is 35.5. The minimum Gasteiger partial charge on any atom is -0.378 e. The largest absolute Gasteiger partial charge is 0.378 e. The molecule has 2 saturated heterocycles. The lowest BCUT2D eigenvalue weighted by molar-refractivity contribution is -0.147. The summed E-state index contributed by atoms with van der Waals surface area (Å²) < 4.78 is 33.6. The zero-order valence-electron chi connectivity index (χ0n) is 17.9. The lowest BCUT2D eigenvalue weighted by Gasteiger charge is -2.35. The summed E-state index contributed by atoms with van der Waals surface area (Å²) >= 11 is 7.24. The van der Waals surface area contributed by atoms with Gasteiger partial charge in [-0.1, -0.05) is 25.4 Å². The molecule has 2 atom stereocenters. The molecule has 0 unspecified atom stereocenters. The Morgan fingerprint density at radius 2 is 2.00 bits per heavy atom. The summed E-state index contributed by atoms with van der Waals surface area (Å²) in [7, 11) is -3.65. The highest BCUT2D eigenvalue weighted by molar-refractivity contribution is 7.89. The van der Waals surface area contributed by atoms with Crippen molar-refractivity contribution < 1.29 is 22.7 Å². The number of rotatable bonds is 9. The van der Waals surface area contributed by atoms with Crippen LogP contribution >= 0.6 is 22.9 Å². The fraction of sp³-hybridized carbons (Fsp3) is 0.700. The summed E-state index contributed by atoms with van der Waals surface area (Å²) in [6.07, 6.45) is 1.23. The van der Waals surface area contributed by atoms with Gasteiger partial charge in [0.1, 0.15) is 12.1 Å². The number of thiophene rings is 1. The third kappa shape index (κ3) is 6.64. The molecule has 3 heterocycles. The third-order valence-corrected chi connectivity index (χ3v) is 8.16. The lowest BCUT2D eigenvalue weighted by atomic mass is 10.0. The number of ether oxygens (including phenoxy) is 1. The van der Waals surface area contributed by atoms with E-state index < -0.39 is 22.1 Å². The topological polar surface area (TPSA) is 96.0 Å². The van der Waals surface area contributed by atoms with Crippen LogP contribution in [-0.4, -0.2) is 80.7 Å². The van der Waals surface area contributed by atoms with Crippen molar-refractivity contribution in [2.75, 3.05) is 38.6 Å².